The minimum absolute atomic E-state index is 0.266. The van der Waals surface area contributed by atoms with Gasteiger partial charge < -0.3 is 9.64 Å². The van der Waals surface area contributed by atoms with Crippen molar-refractivity contribution in [2.45, 2.75) is 50.7 Å². The van der Waals surface area contributed by atoms with Gasteiger partial charge in [-0.25, -0.2) is 0 Å². The van der Waals surface area contributed by atoms with Gasteiger partial charge in [0.15, 0.2) is 0 Å². The largest absolute Gasteiger partial charge is 0.376 e. The first-order chi connectivity index (χ1) is 9.31. The summed E-state index contributed by atoms with van der Waals surface area (Å²) in [5, 5.41) is 0. The van der Waals surface area contributed by atoms with Crippen LogP contribution >= 0.6 is 23.4 Å². The molecule has 19 heavy (non-hydrogen) atoms. The van der Waals surface area contributed by atoms with E-state index in [2.05, 4.69) is 4.90 Å². The van der Waals surface area contributed by atoms with Gasteiger partial charge in [-0.1, -0.05) is 0 Å². The summed E-state index contributed by atoms with van der Waals surface area (Å²) >= 11 is 7.64. The Bertz CT molecular complexity index is 279. The zero-order chi connectivity index (χ0) is 13.5. The molecule has 0 aliphatic carbocycles. The van der Waals surface area contributed by atoms with Crippen LogP contribution in [0.5, 0.6) is 0 Å². The van der Waals surface area contributed by atoms with E-state index in [4.69, 9.17) is 16.3 Å². The van der Waals surface area contributed by atoms with Crippen LogP contribution in [0.1, 0.15) is 38.5 Å². The molecule has 1 amide bonds. The first kappa shape index (κ1) is 15.5. The van der Waals surface area contributed by atoms with Gasteiger partial charge in [-0.15, -0.1) is 11.6 Å². The lowest BCUT2D eigenvalue weighted by atomic mass is 10.1. The standard InChI is InChI=1S/C14H24ClNO2S/c15-7-2-1-5-14(17)16(12-6-9-19-11-12)10-13-4-3-8-18-13/h12-13H,1-11H2. The van der Waals surface area contributed by atoms with E-state index in [1.165, 1.54) is 5.75 Å². The molecule has 2 aliphatic rings. The molecule has 0 aromatic rings. The summed E-state index contributed by atoms with van der Waals surface area (Å²) in [4.78, 5) is 14.5. The fourth-order valence-corrected chi connectivity index (χ4v) is 4.16. The van der Waals surface area contributed by atoms with Crippen molar-refractivity contribution in [3.05, 3.63) is 0 Å². The van der Waals surface area contributed by atoms with E-state index in [1.54, 1.807) is 0 Å². The maximum atomic E-state index is 12.4. The van der Waals surface area contributed by atoms with Crippen molar-refractivity contribution < 1.29 is 9.53 Å². The number of carbonyl (C=O) groups is 1. The van der Waals surface area contributed by atoms with Crippen LogP contribution in [-0.4, -0.2) is 53.5 Å². The lowest BCUT2D eigenvalue weighted by Gasteiger charge is -2.31. The zero-order valence-corrected chi connectivity index (χ0v) is 13.1. The molecule has 0 saturated carbocycles. The fourth-order valence-electron chi connectivity index (χ4n) is 2.74. The Morgan fingerprint density at radius 1 is 1.37 bits per heavy atom. The average Bonchev–Trinajstić information content (AvgIpc) is 3.09. The highest BCUT2D eigenvalue weighted by Gasteiger charge is 2.30. The topological polar surface area (TPSA) is 29.5 Å². The highest BCUT2D eigenvalue weighted by atomic mass is 35.5. The van der Waals surface area contributed by atoms with Crippen molar-refractivity contribution in [2.24, 2.45) is 0 Å². The third-order valence-corrected chi connectivity index (χ3v) is 5.28. The van der Waals surface area contributed by atoms with Crippen molar-refractivity contribution in [1.29, 1.82) is 0 Å². The van der Waals surface area contributed by atoms with Gasteiger partial charge in [-0.2, -0.15) is 11.8 Å². The normalized spacial score (nSPS) is 26.8. The summed E-state index contributed by atoms with van der Waals surface area (Å²) in [6.07, 6.45) is 6.12. The Morgan fingerprint density at radius 2 is 2.26 bits per heavy atom. The first-order valence-corrected chi connectivity index (χ1v) is 9.05. The lowest BCUT2D eigenvalue weighted by molar-refractivity contribution is -0.135. The molecule has 2 heterocycles. The number of carbonyl (C=O) groups excluding carboxylic acids is 1. The third kappa shape index (κ3) is 4.83. The minimum atomic E-state index is 0.266. The van der Waals surface area contributed by atoms with E-state index in [9.17, 15) is 4.79 Å². The van der Waals surface area contributed by atoms with E-state index in [-0.39, 0.29) is 6.10 Å². The Labute approximate surface area is 125 Å². The number of nitrogens with zero attached hydrogens (tertiary/aromatic N) is 1. The van der Waals surface area contributed by atoms with E-state index in [0.717, 1.165) is 51.0 Å². The molecule has 2 aliphatic heterocycles. The second-order valence-corrected chi connectivity index (χ2v) is 6.87. The van der Waals surface area contributed by atoms with Crippen LogP contribution < -0.4 is 0 Å². The third-order valence-electron chi connectivity index (χ3n) is 3.87. The monoisotopic (exact) mass is 305 g/mol. The minimum Gasteiger partial charge on any atom is -0.376 e. The quantitative estimate of drug-likeness (QED) is 0.535. The van der Waals surface area contributed by atoms with Crippen molar-refractivity contribution in [3.8, 4) is 0 Å². The number of halogens is 1. The highest BCUT2D eigenvalue weighted by molar-refractivity contribution is 7.99. The number of unbranched alkanes of at least 4 members (excludes halogenated alkanes) is 1. The molecule has 0 radical (unpaired) electrons. The molecule has 2 saturated heterocycles. The number of hydrogen-bond donors (Lipinski definition) is 0. The lowest BCUT2D eigenvalue weighted by Crippen LogP contribution is -2.44. The van der Waals surface area contributed by atoms with Gasteiger partial charge in [0.1, 0.15) is 0 Å². The molecule has 0 spiro atoms. The molecular weight excluding hydrogens is 282 g/mol. The van der Waals surface area contributed by atoms with E-state index < -0.39 is 0 Å². The number of amides is 1. The maximum absolute atomic E-state index is 12.4. The summed E-state index contributed by atoms with van der Waals surface area (Å²) in [7, 11) is 0. The molecular formula is C14H24ClNO2S. The smallest absolute Gasteiger partial charge is 0.222 e. The maximum Gasteiger partial charge on any atom is 0.222 e. The van der Waals surface area contributed by atoms with Crippen LogP contribution in [0.25, 0.3) is 0 Å². The van der Waals surface area contributed by atoms with Crippen molar-refractivity contribution in [2.75, 3.05) is 30.5 Å². The Morgan fingerprint density at radius 3 is 2.89 bits per heavy atom. The molecule has 110 valence electrons. The van der Waals surface area contributed by atoms with Crippen molar-refractivity contribution >= 4 is 29.3 Å². The molecule has 0 aromatic carbocycles. The summed E-state index contributed by atoms with van der Waals surface area (Å²) < 4.78 is 5.70. The zero-order valence-electron chi connectivity index (χ0n) is 11.5. The van der Waals surface area contributed by atoms with Crippen molar-refractivity contribution in [1.82, 2.24) is 4.90 Å². The summed E-state index contributed by atoms with van der Waals surface area (Å²) in [6, 6.07) is 0.428. The molecule has 2 rings (SSSR count). The van der Waals surface area contributed by atoms with Crippen LogP contribution in [0.3, 0.4) is 0 Å². The van der Waals surface area contributed by atoms with Gasteiger partial charge in [-0.05, 0) is 37.9 Å². The number of thioether (sulfide) groups is 1. The second-order valence-electron chi connectivity index (χ2n) is 5.34. The van der Waals surface area contributed by atoms with Crippen LogP contribution in [0, 0.1) is 0 Å². The van der Waals surface area contributed by atoms with E-state index in [1.807, 2.05) is 11.8 Å². The molecule has 5 heteroatoms. The summed E-state index contributed by atoms with van der Waals surface area (Å²) in [5.41, 5.74) is 0. The molecule has 2 unspecified atom stereocenters. The van der Waals surface area contributed by atoms with Gasteiger partial charge >= 0.3 is 0 Å². The molecule has 2 atom stereocenters. The molecule has 0 bridgehead atoms. The number of hydrogen-bond acceptors (Lipinski definition) is 3. The molecule has 0 aromatic heterocycles. The van der Waals surface area contributed by atoms with Gasteiger partial charge in [0.05, 0.1) is 6.10 Å². The van der Waals surface area contributed by atoms with Crippen LogP contribution in [0.15, 0.2) is 0 Å². The number of ether oxygens (including phenoxy) is 1. The predicted octanol–water partition coefficient (Wildman–Crippen LogP) is 2.91. The Balaban J connectivity index is 1.86. The van der Waals surface area contributed by atoms with E-state index in [0.29, 0.717) is 24.2 Å². The first-order valence-electron chi connectivity index (χ1n) is 7.36. The van der Waals surface area contributed by atoms with Crippen LogP contribution in [-0.2, 0) is 9.53 Å². The number of alkyl halides is 1. The Hall–Kier alpha value is 0.0700. The fraction of sp³-hybridized carbons (Fsp3) is 0.929. The highest BCUT2D eigenvalue weighted by Crippen LogP contribution is 2.25. The average molecular weight is 306 g/mol. The van der Waals surface area contributed by atoms with Crippen LogP contribution in [0.2, 0.25) is 0 Å². The number of rotatable bonds is 7. The van der Waals surface area contributed by atoms with Gasteiger partial charge in [0.2, 0.25) is 5.91 Å². The molecule has 3 nitrogen and oxygen atoms in total. The summed E-state index contributed by atoms with van der Waals surface area (Å²) in [5.74, 6) is 3.22. The van der Waals surface area contributed by atoms with Gasteiger partial charge in [0, 0.05) is 37.2 Å². The summed E-state index contributed by atoms with van der Waals surface area (Å²) in [6.45, 7) is 1.66. The van der Waals surface area contributed by atoms with Crippen molar-refractivity contribution in [3.63, 3.8) is 0 Å². The van der Waals surface area contributed by atoms with Crippen LogP contribution in [0.4, 0.5) is 0 Å². The second kappa shape index (κ2) is 8.38. The van der Waals surface area contributed by atoms with E-state index >= 15 is 0 Å². The molecule has 2 fully saturated rings. The van der Waals surface area contributed by atoms with Gasteiger partial charge in [-0.3, -0.25) is 4.79 Å². The predicted molar refractivity (Wildman–Crippen MR) is 81.0 cm³/mol. The SMILES string of the molecule is O=C(CCCCCl)N(CC1CCCO1)C1CCSC1. The van der Waals surface area contributed by atoms with Gasteiger partial charge in [0.25, 0.3) is 0 Å². The Kier molecular flexibility index (Phi) is 6.82. The molecule has 0 N–H and O–H groups in total.